The van der Waals surface area contributed by atoms with Gasteiger partial charge in [-0.1, -0.05) is 0 Å². The number of anilines is 2. The van der Waals surface area contributed by atoms with Gasteiger partial charge < -0.3 is 58.8 Å². The molecule has 2 aliphatic rings. The summed E-state index contributed by atoms with van der Waals surface area (Å²) < 4.78 is 104. The van der Waals surface area contributed by atoms with E-state index in [0.717, 1.165) is 0 Å². The number of methoxy groups -OCH3 is 4. The summed E-state index contributed by atoms with van der Waals surface area (Å²) in [4.78, 5) is 8.39. The molecule has 6 rings (SSSR count). The van der Waals surface area contributed by atoms with Gasteiger partial charge in [0.1, 0.15) is 33.9 Å². The van der Waals surface area contributed by atoms with Gasteiger partial charge in [-0.25, -0.2) is 0 Å². The topological polar surface area (TPSA) is 180 Å². The van der Waals surface area contributed by atoms with Gasteiger partial charge in [-0.2, -0.15) is 17.6 Å². The van der Waals surface area contributed by atoms with E-state index >= 15 is 0 Å². The maximum absolute atomic E-state index is 12.7. The largest absolute Gasteiger partial charge is 2.00 e. The fourth-order valence-electron chi connectivity index (χ4n) is 5.00. The summed E-state index contributed by atoms with van der Waals surface area (Å²) in [6, 6.07) is 11.9. The van der Waals surface area contributed by atoms with Crippen LogP contribution in [-0.4, -0.2) is 94.8 Å². The van der Waals surface area contributed by atoms with Crippen LogP contribution in [0.25, 0.3) is 10.6 Å². The molecule has 0 fully saturated rings. The first-order valence-electron chi connectivity index (χ1n) is 15.0. The van der Waals surface area contributed by atoms with E-state index in [4.69, 9.17) is 18.9 Å². The maximum Gasteiger partial charge on any atom is 2.00 e. The number of ether oxygens (including phenoxy) is 6. The number of pyridine rings is 2. The van der Waals surface area contributed by atoms with E-state index in [1.807, 2.05) is 0 Å². The van der Waals surface area contributed by atoms with Gasteiger partial charge in [0.05, 0.1) is 28.4 Å². The average Bonchev–Trinajstić information content (AvgIpc) is 3.75. The van der Waals surface area contributed by atoms with Crippen molar-refractivity contribution in [2.75, 3.05) is 39.1 Å². The number of hydrogen-bond donors (Lipinski definition) is 2. The molecule has 0 spiro atoms. The maximum atomic E-state index is 12.7. The molecule has 0 radical (unpaired) electrons. The smallest absolute Gasteiger partial charge is 0.619 e. The van der Waals surface area contributed by atoms with Crippen LogP contribution in [0.5, 0.6) is 34.5 Å². The minimum Gasteiger partial charge on any atom is -0.619 e. The molecule has 0 bridgehead atoms. The summed E-state index contributed by atoms with van der Waals surface area (Å²) in [6.45, 7) is -5.84. The van der Waals surface area contributed by atoms with Crippen molar-refractivity contribution in [3.8, 4) is 34.5 Å². The van der Waals surface area contributed by atoms with Crippen LogP contribution in [-0.2, 0) is 33.9 Å². The number of benzene rings is 2. The molecule has 21 heteroatoms. The van der Waals surface area contributed by atoms with Crippen LogP contribution in [0.1, 0.15) is 11.4 Å². The minimum atomic E-state index is -2.92. The SMILES string of the molecule is COc1ccnc(C[S+]([O-])C2[N-]c3cc(OC(F)F)ccc3N2)c1OC.COc1ccnc(C[S+]([O-])C2[N-]c3cc(OC(F)F)ccc3N2)c1OC.[Mg+2]. The molecule has 2 N–H and O–H groups in total. The summed E-state index contributed by atoms with van der Waals surface area (Å²) in [5, 5.41) is 14.5. The molecule has 0 saturated heterocycles. The Labute approximate surface area is 324 Å². The number of hydrogen-bond acceptors (Lipinski definition) is 12. The summed E-state index contributed by atoms with van der Waals surface area (Å²) in [7, 11) is 5.96. The number of halogens is 4. The molecule has 14 nitrogen and oxygen atoms in total. The Bertz CT molecular complexity index is 1700. The molecule has 2 aliphatic heterocycles. The third-order valence-electron chi connectivity index (χ3n) is 7.25. The normalized spacial score (nSPS) is 16.2. The van der Waals surface area contributed by atoms with Crippen molar-refractivity contribution < 1.29 is 55.1 Å². The molecule has 0 aliphatic carbocycles. The summed E-state index contributed by atoms with van der Waals surface area (Å²) >= 11 is -2.95. The van der Waals surface area contributed by atoms with Crippen molar-refractivity contribution in [3.05, 3.63) is 82.9 Å². The Balaban J connectivity index is 0.000000232. The van der Waals surface area contributed by atoms with Gasteiger partial charge >= 0.3 is 36.3 Å². The van der Waals surface area contributed by atoms with Gasteiger partial charge in [0, 0.05) is 35.9 Å². The number of alkyl halides is 4. The van der Waals surface area contributed by atoms with Gasteiger partial charge in [-0.3, -0.25) is 9.97 Å². The van der Waals surface area contributed by atoms with E-state index in [1.165, 1.54) is 65.1 Å². The summed E-state index contributed by atoms with van der Waals surface area (Å²) in [5.41, 5.74) is 1.49. The molecule has 0 saturated carbocycles. The quantitative estimate of drug-likeness (QED) is 0.0823. The van der Waals surface area contributed by atoms with Gasteiger partial charge in [-0.15, -0.1) is 11.4 Å². The van der Waals surface area contributed by atoms with Crippen molar-refractivity contribution in [3.63, 3.8) is 0 Å². The first-order chi connectivity index (χ1) is 25.0. The van der Waals surface area contributed by atoms with E-state index in [9.17, 15) is 26.7 Å². The standard InChI is InChI=1S/2C16H16F2N3O4S.Mg/c2*1-23-13-5-6-19-12(14(13)24-2)8-26(22)16-20-10-4-3-9(25-15(17)18)7-11(10)21-16;/h2*3-7,15-16,20H,8H2,1-2H3;/q2*-1;+2. The fraction of sp³-hybridized carbons (Fsp3) is 0.312. The second-order valence-corrected chi connectivity index (χ2v) is 13.4. The molecule has 0 amide bonds. The van der Waals surface area contributed by atoms with Crippen LogP contribution in [0.4, 0.5) is 40.3 Å². The van der Waals surface area contributed by atoms with E-state index in [0.29, 0.717) is 57.1 Å². The third kappa shape index (κ3) is 10.5. The van der Waals surface area contributed by atoms with E-state index in [1.54, 1.807) is 24.3 Å². The van der Waals surface area contributed by atoms with Crippen molar-refractivity contribution in [2.24, 2.45) is 0 Å². The summed E-state index contributed by atoms with van der Waals surface area (Å²) in [6.07, 6.45) is 3.08. The van der Waals surface area contributed by atoms with Gasteiger partial charge in [0.15, 0.2) is 34.5 Å². The number of aromatic nitrogens is 2. The van der Waals surface area contributed by atoms with Crippen LogP contribution in [0.15, 0.2) is 60.9 Å². The average molecular weight is 793 g/mol. The molecule has 53 heavy (non-hydrogen) atoms. The van der Waals surface area contributed by atoms with Gasteiger partial charge in [0.25, 0.3) is 0 Å². The van der Waals surface area contributed by atoms with Crippen molar-refractivity contribution in [1.29, 1.82) is 0 Å². The molecule has 2 aromatic heterocycles. The van der Waals surface area contributed by atoms with E-state index in [2.05, 4.69) is 40.7 Å². The van der Waals surface area contributed by atoms with Crippen LogP contribution in [0, 0.1) is 0 Å². The Morgan fingerprint density at radius 2 is 1.06 bits per heavy atom. The molecular weight excluding hydrogens is 761 g/mol. The first kappa shape index (κ1) is 41.6. The van der Waals surface area contributed by atoms with Crippen molar-refractivity contribution >= 4 is 68.2 Å². The van der Waals surface area contributed by atoms with Crippen LogP contribution in [0.3, 0.4) is 0 Å². The second kappa shape index (κ2) is 19.3. The molecular formula is C32H32F4MgN6O8S2. The number of fused-ring (bicyclic) bond motifs is 2. The van der Waals surface area contributed by atoms with Crippen LogP contribution >= 0.6 is 0 Å². The molecule has 4 atom stereocenters. The van der Waals surface area contributed by atoms with E-state index in [-0.39, 0.29) is 46.1 Å². The molecule has 2 aromatic carbocycles. The molecule has 4 aromatic rings. The minimum absolute atomic E-state index is 0. The zero-order valence-corrected chi connectivity index (χ0v) is 31.6. The van der Waals surface area contributed by atoms with Gasteiger partial charge in [-0.05, 0) is 58.7 Å². The number of nitrogens with zero attached hydrogens (tertiary/aromatic N) is 4. The predicted molar refractivity (Wildman–Crippen MR) is 191 cm³/mol. The van der Waals surface area contributed by atoms with Crippen molar-refractivity contribution in [2.45, 2.75) is 35.7 Å². The third-order valence-corrected chi connectivity index (χ3v) is 9.81. The van der Waals surface area contributed by atoms with Gasteiger partial charge in [0.2, 0.25) is 0 Å². The Kier molecular flexibility index (Phi) is 15.1. The fourth-order valence-corrected chi connectivity index (χ4v) is 7.24. The zero-order chi connectivity index (χ0) is 37.4. The molecule has 4 heterocycles. The van der Waals surface area contributed by atoms with Crippen LogP contribution < -0.4 is 39.1 Å². The van der Waals surface area contributed by atoms with Crippen LogP contribution in [0.2, 0.25) is 0 Å². The zero-order valence-electron chi connectivity index (χ0n) is 28.6. The Hall–Kier alpha value is -4.15. The molecule has 4 unspecified atom stereocenters. The monoisotopic (exact) mass is 792 g/mol. The predicted octanol–water partition coefficient (Wildman–Crippen LogP) is 6.35. The second-order valence-electron chi connectivity index (χ2n) is 10.4. The number of nitrogens with one attached hydrogen (secondary N) is 2. The Morgan fingerprint density at radius 3 is 1.40 bits per heavy atom. The first-order valence-corrected chi connectivity index (χ1v) is 17.8. The van der Waals surface area contributed by atoms with Crippen molar-refractivity contribution in [1.82, 2.24) is 9.97 Å². The summed E-state index contributed by atoms with van der Waals surface area (Å²) in [5.74, 6) is 1.94. The Morgan fingerprint density at radius 1 is 0.660 bits per heavy atom. The molecule has 280 valence electrons. The number of rotatable bonds is 14. The van der Waals surface area contributed by atoms with E-state index < -0.39 is 46.6 Å².